The molecule has 0 bridgehead atoms. The number of halogens is 2. The summed E-state index contributed by atoms with van der Waals surface area (Å²) in [5.74, 6) is 0.656. The van der Waals surface area contributed by atoms with Crippen LogP contribution >= 0.6 is 11.6 Å². The molecule has 0 nitrogen and oxygen atoms in total. The van der Waals surface area contributed by atoms with Crippen molar-refractivity contribution >= 4 is 11.6 Å². The van der Waals surface area contributed by atoms with E-state index in [1.165, 1.54) is 6.07 Å². The monoisotopic (exact) mass is 214 g/mol. The predicted octanol–water partition coefficient (Wildman–Crippen LogP) is 4.63. The fourth-order valence-corrected chi connectivity index (χ4v) is 1.75. The van der Waals surface area contributed by atoms with E-state index in [2.05, 4.69) is 20.8 Å². The summed E-state index contributed by atoms with van der Waals surface area (Å²) in [6.07, 6.45) is 1.09. The Morgan fingerprint density at radius 1 is 1.29 bits per heavy atom. The maximum atomic E-state index is 13.1. The second-order valence-electron chi connectivity index (χ2n) is 3.88. The summed E-state index contributed by atoms with van der Waals surface area (Å²) >= 11 is 5.80. The fourth-order valence-electron chi connectivity index (χ4n) is 1.52. The molecule has 0 fully saturated rings. The number of benzene rings is 1. The van der Waals surface area contributed by atoms with Gasteiger partial charge in [-0.25, -0.2) is 4.39 Å². The van der Waals surface area contributed by atoms with E-state index in [1.54, 1.807) is 6.07 Å². The molecule has 1 aromatic carbocycles. The highest BCUT2D eigenvalue weighted by Gasteiger charge is 2.13. The molecule has 14 heavy (non-hydrogen) atoms. The summed E-state index contributed by atoms with van der Waals surface area (Å²) in [7, 11) is 0. The Labute approximate surface area is 90.1 Å². The van der Waals surface area contributed by atoms with Crippen LogP contribution < -0.4 is 0 Å². The summed E-state index contributed by atoms with van der Waals surface area (Å²) in [5.41, 5.74) is 0.990. The van der Waals surface area contributed by atoms with Crippen LogP contribution in [0.1, 0.15) is 38.7 Å². The van der Waals surface area contributed by atoms with Gasteiger partial charge in [-0.1, -0.05) is 38.8 Å². The summed E-state index contributed by atoms with van der Waals surface area (Å²) < 4.78 is 13.1. The van der Waals surface area contributed by atoms with E-state index in [9.17, 15) is 4.39 Å². The zero-order valence-corrected chi connectivity index (χ0v) is 9.61. The third-order valence-electron chi connectivity index (χ3n) is 2.91. The lowest BCUT2D eigenvalue weighted by atomic mass is 9.87. The van der Waals surface area contributed by atoms with Gasteiger partial charge in [-0.15, -0.1) is 0 Å². The van der Waals surface area contributed by atoms with E-state index >= 15 is 0 Å². The molecular weight excluding hydrogens is 199 g/mol. The zero-order chi connectivity index (χ0) is 10.7. The highest BCUT2D eigenvalue weighted by Crippen LogP contribution is 2.28. The number of hydrogen-bond acceptors (Lipinski definition) is 0. The van der Waals surface area contributed by atoms with Gasteiger partial charge < -0.3 is 0 Å². The van der Waals surface area contributed by atoms with Crippen molar-refractivity contribution in [3.05, 3.63) is 34.6 Å². The van der Waals surface area contributed by atoms with E-state index in [0.29, 0.717) is 16.9 Å². The van der Waals surface area contributed by atoms with Crippen LogP contribution in [0.5, 0.6) is 0 Å². The molecule has 2 atom stereocenters. The molecule has 0 heterocycles. The van der Waals surface area contributed by atoms with Gasteiger partial charge in [-0.2, -0.15) is 0 Å². The molecule has 1 aromatic rings. The molecule has 0 aliphatic carbocycles. The second-order valence-corrected chi connectivity index (χ2v) is 4.31. The van der Waals surface area contributed by atoms with Crippen molar-refractivity contribution in [3.63, 3.8) is 0 Å². The quantitative estimate of drug-likeness (QED) is 0.688. The predicted molar refractivity (Wildman–Crippen MR) is 59.3 cm³/mol. The molecule has 2 heteroatoms. The van der Waals surface area contributed by atoms with E-state index in [0.717, 1.165) is 12.0 Å². The van der Waals surface area contributed by atoms with Crippen LogP contribution in [0.4, 0.5) is 4.39 Å². The van der Waals surface area contributed by atoms with Crippen molar-refractivity contribution < 1.29 is 4.39 Å². The Morgan fingerprint density at radius 3 is 2.43 bits per heavy atom. The maximum absolute atomic E-state index is 13.1. The maximum Gasteiger partial charge on any atom is 0.124 e. The van der Waals surface area contributed by atoms with Crippen LogP contribution in [0, 0.1) is 11.7 Å². The smallest absolute Gasteiger partial charge is 0.124 e. The second kappa shape index (κ2) is 4.79. The molecule has 0 aliphatic rings. The first-order chi connectivity index (χ1) is 6.54. The Bertz CT molecular complexity index is 289. The minimum atomic E-state index is -0.248. The lowest BCUT2D eigenvalue weighted by molar-refractivity contribution is 0.471. The van der Waals surface area contributed by atoms with Crippen molar-refractivity contribution in [3.8, 4) is 0 Å². The number of hydrogen-bond donors (Lipinski definition) is 0. The molecule has 0 radical (unpaired) electrons. The van der Waals surface area contributed by atoms with Crippen LogP contribution in [0.3, 0.4) is 0 Å². The Morgan fingerprint density at radius 2 is 1.93 bits per heavy atom. The van der Waals surface area contributed by atoms with Gasteiger partial charge in [0.1, 0.15) is 5.82 Å². The Kier molecular flexibility index (Phi) is 3.94. The van der Waals surface area contributed by atoms with E-state index in [4.69, 9.17) is 11.6 Å². The largest absolute Gasteiger partial charge is 0.207 e. The molecule has 0 saturated heterocycles. The molecule has 1 rings (SSSR count). The molecule has 2 unspecified atom stereocenters. The fraction of sp³-hybridized carbons (Fsp3) is 0.500. The first kappa shape index (κ1) is 11.5. The van der Waals surface area contributed by atoms with Crippen molar-refractivity contribution in [2.24, 2.45) is 5.92 Å². The van der Waals surface area contributed by atoms with Crippen molar-refractivity contribution in [2.45, 2.75) is 33.1 Å². The van der Waals surface area contributed by atoms with Gasteiger partial charge in [0.2, 0.25) is 0 Å². The molecular formula is C12H16ClF. The first-order valence-corrected chi connectivity index (χ1v) is 5.38. The molecule has 0 spiro atoms. The van der Waals surface area contributed by atoms with Crippen LogP contribution in [0.15, 0.2) is 18.2 Å². The SMILES string of the molecule is CCC(C)C(C)c1cc(F)cc(Cl)c1. The van der Waals surface area contributed by atoms with Gasteiger partial charge in [0, 0.05) is 5.02 Å². The van der Waals surface area contributed by atoms with E-state index < -0.39 is 0 Å². The van der Waals surface area contributed by atoms with Crippen LogP contribution in [-0.4, -0.2) is 0 Å². The molecule has 0 saturated carbocycles. The molecule has 0 aliphatic heterocycles. The van der Waals surface area contributed by atoms with Crippen molar-refractivity contribution in [1.29, 1.82) is 0 Å². The highest BCUT2D eigenvalue weighted by atomic mass is 35.5. The van der Waals surface area contributed by atoms with Gasteiger partial charge in [0.15, 0.2) is 0 Å². The summed E-state index contributed by atoms with van der Waals surface area (Å²) in [5, 5.41) is 0.482. The van der Waals surface area contributed by atoms with Crippen molar-refractivity contribution in [1.82, 2.24) is 0 Å². The van der Waals surface area contributed by atoms with Gasteiger partial charge in [0.05, 0.1) is 0 Å². The lowest BCUT2D eigenvalue weighted by Gasteiger charge is -2.18. The molecule has 78 valence electrons. The molecule has 0 N–H and O–H groups in total. The topological polar surface area (TPSA) is 0 Å². The van der Waals surface area contributed by atoms with Crippen LogP contribution in [-0.2, 0) is 0 Å². The zero-order valence-electron chi connectivity index (χ0n) is 8.85. The number of rotatable bonds is 3. The van der Waals surface area contributed by atoms with Crippen LogP contribution in [0.25, 0.3) is 0 Å². The van der Waals surface area contributed by atoms with Gasteiger partial charge in [0.25, 0.3) is 0 Å². The first-order valence-electron chi connectivity index (χ1n) is 5.00. The normalized spacial score (nSPS) is 15.2. The lowest BCUT2D eigenvalue weighted by Crippen LogP contribution is -2.05. The van der Waals surface area contributed by atoms with E-state index in [-0.39, 0.29) is 5.82 Å². The highest BCUT2D eigenvalue weighted by molar-refractivity contribution is 6.30. The third kappa shape index (κ3) is 2.71. The van der Waals surface area contributed by atoms with Gasteiger partial charge in [-0.3, -0.25) is 0 Å². The Hall–Kier alpha value is -0.560. The Balaban J connectivity index is 2.94. The van der Waals surface area contributed by atoms with Gasteiger partial charge in [-0.05, 0) is 35.6 Å². The standard InChI is InChI=1S/C12H16ClF/c1-4-8(2)9(3)10-5-11(13)7-12(14)6-10/h5-9H,4H2,1-3H3. The summed E-state index contributed by atoms with van der Waals surface area (Å²) in [4.78, 5) is 0. The average Bonchev–Trinajstić information content (AvgIpc) is 2.14. The third-order valence-corrected chi connectivity index (χ3v) is 3.13. The van der Waals surface area contributed by atoms with E-state index in [1.807, 2.05) is 6.07 Å². The van der Waals surface area contributed by atoms with Crippen molar-refractivity contribution in [2.75, 3.05) is 0 Å². The average molecular weight is 215 g/mol. The molecule has 0 amide bonds. The summed E-state index contributed by atoms with van der Waals surface area (Å²) in [6.45, 7) is 6.42. The van der Waals surface area contributed by atoms with Crippen LogP contribution in [0.2, 0.25) is 5.02 Å². The van der Waals surface area contributed by atoms with Gasteiger partial charge >= 0.3 is 0 Å². The minimum Gasteiger partial charge on any atom is -0.207 e. The molecule has 0 aromatic heterocycles. The summed E-state index contributed by atoms with van der Waals surface area (Å²) in [6, 6.07) is 4.76. The minimum absolute atomic E-state index is 0.248.